The van der Waals surface area contributed by atoms with Gasteiger partial charge >= 0.3 is 0 Å². The van der Waals surface area contributed by atoms with Gasteiger partial charge in [-0.3, -0.25) is 0 Å². The summed E-state index contributed by atoms with van der Waals surface area (Å²) in [5.74, 6) is 0. The summed E-state index contributed by atoms with van der Waals surface area (Å²) in [6.45, 7) is 4.26. The number of para-hydroxylation sites is 1. The maximum Gasteiger partial charge on any atom is 0.0486 e. The second-order valence-electron chi connectivity index (χ2n) is 4.18. The van der Waals surface area contributed by atoms with Crippen molar-refractivity contribution >= 4 is 23.3 Å². The lowest BCUT2D eigenvalue weighted by molar-refractivity contribution is 0.648. The number of aromatic amines is 1. The van der Waals surface area contributed by atoms with Crippen molar-refractivity contribution in [1.29, 1.82) is 0 Å². The van der Waals surface area contributed by atoms with Crippen molar-refractivity contribution < 1.29 is 0 Å². The summed E-state index contributed by atoms with van der Waals surface area (Å²) < 4.78 is 0. The molecule has 1 aromatic carbocycles. The first-order valence-electron chi connectivity index (χ1n) is 5.53. The van der Waals surface area contributed by atoms with Crippen LogP contribution in [-0.2, 0) is 6.42 Å². The number of hydrogen-bond donors (Lipinski definition) is 2. The van der Waals surface area contributed by atoms with Crippen LogP contribution in [0.25, 0.3) is 10.9 Å². The first-order chi connectivity index (χ1) is 7.22. The van der Waals surface area contributed by atoms with Crippen molar-refractivity contribution in [2.24, 2.45) is 5.73 Å². The van der Waals surface area contributed by atoms with Gasteiger partial charge in [0, 0.05) is 23.1 Å². The van der Waals surface area contributed by atoms with Gasteiger partial charge in [0.2, 0.25) is 0 Å². The Morgan fingerprint density at radius 1 is 1.38 bits per heavy atom. The van der Waals surface area contributed by atoms with E-state index in [0.717, 1.165) is 12.8 Å². The van der Waals surface area contributed by atoms with E-state index in [1.165, 1.54) is 22.0 Å². The van der Waals surface area contributed by atoms with Crippen molar-refractivity contribution in [3.05, 3.63) is 35.5 Å². The van der Waals surface area contributed by atoms with Crippen molar-refractivity contribution in [1.82, 2.24) is 4.98 Å². The molecule has 0 radical (unpaired) electrons. The average Bonchev–Trinajstić information content (AvgIpc) is 2.63. The number of aryl methyl sites for hydroxylation is 1. The molecule has 1 atom stereocenters. The third-order valence-electron chi connectivity index (χ3n) is 3.02. The number of H-pyrrole nitrogens is 1. The number of rotatable bonds is 3. The van der Waals surface area contributed by atoms with Crippen molar-refractivity contribution in [3.8, 4) is 0 Å². The van der Waals surface area contributed by atoms with E-state index in [1.807, 2.05) is 0 Å². The van der Waals surface area contributed by atoms with Crippen LogP contribution in [0.5, 0.6) is 0 Å². The number of nitrogens with one attached hydrogen (secondary N) is 1. The number of benzene rings is 1. The smallest absolute Gasteiger partial charge is 0.0486 e. The first kappa shape index (κ1) is 13.1. The van der Waals surface area contributed by atoms with E-state index < -0.39 is 0 Å². The van der Waals surface area contributed by atoms with Crippen LogP contribution in [0.2, 0.25) is 0 Å². The molecule has 0 spiro atoms. The third kappa shape index (κ3) is 2.39. The largest absolute Gasteiger partial charge is 0.361 e. The van der Waals surface area contributed by atoms with Crippen LogP contribution in [0.15, 0.2) is 24.4 Å². The van der Waals surface area contributed by atoms with Crippen LogP contribution in [0.4, 0.5) is 0 Å². The van der Waals surface area contributed by atoms with E-state index >= 15 is 0 Å². The van der Waals surface area contributed by atoms with Crippen LogP contribution in [0, 0.1) is 6.92 Å². The fraction of sp³-hybridized carbons (Fsp3) is 0.385. The Morgan fingerprint density at radius 2 is 2.12 bits per heavy atom. The van der Waals surface area contributed by atoms with Crippen LogP contribution >= 0.6 is 12.4 Å². The number of nitrogens with two attached hydrogens (primary N) is 1. The minimum atomic E-state index is 0. The summed E-state index contributed by atoms with van der Waals surface area (Å²) in [4.78, 5) is 3.33. The maximum atomic E-state index is 5.98. The van der Waals surface area contributed by atoms with Gasteiger partial charge in [0.25, 0.3) is 0 Å². The zero-order chi connectivity index (χ0) is 10.8. The van der Waals surface area contributed by atoms with Gasteiger partial charge < -0.3 is 10.7 Å². The molecule has 88 valence electrons. The van der Waals surface area contributed by atoms with Gasteiger partial charge in [-0.15, -0.1) is 12.4 Å². The lowest BCUT2D eigenvalue weighted by Crippen LogP contribution is -2.21. The molecular weight excluding hydrogens is 220 g/mol. The second kappa shape index (κ2) is 5.37. The zero-order valence-electron chi connectivity index (χ0n) is 9.79. The SMILES string of the molecule is CCC(N)Cc1c[nH]c2c(C)cccc12.Cl. The van der Waals surface area contributed by atoms with Gasteiger partial charge in [-0.05, 0) is 30.9 Å². The molecule has 2 rings (SSSR count). The normalized spacial score (nSPS) is 12.4. The van der Waals surface area contributed by atoms with E-state index in [1.54, 1.807) is 0 Å². The Bertz CT molecular complexity index is 462. The number of hydrogen-bond acceptors (Lipinski definition) is 1. The molecule has 1 unspecified atom stereocenters. The average molecular weight is 239 g/mol. The minimum absolute atomic E-state index is 0. The summed E-state index contributed by atoms with van der Waals surface area (Å²) in [6.07, 6.45) is 4.08. The van der Waals surface area contributed by atoms with Crippen molar-refractivity contribution in [2.75, 3.05) is 0 Å². The summed E-state index contributed by atoms with van der Waals surface area (Å²) in [5, 5.41) is 1.32. The highest BCUT2D eigenvalue weighted by Gasteiger charge is 2.07. The summed E-state index contributed by atoms with van der Waals surface area (Å²) in [6, 6.07) is 6.66. The van der Waals surface area contributed by atoms with Crippen molar-refractivity contribution in [2.45, 2.75) is 32.7 Å². The molecule has 3 N–H and O–H groups in total. The molecule has 1 heterocycles. The Labute approximate surface area is 103 Å². The molecule has 0 saturated heterocycles. The highest BCUT2D eigenvalue weighted by atomic mass is 35.5. The van der Waals surface area contributed by atoms with Crippen LogP contribution in [-0.4, -0.2) is 11.0 Å². The highest BCUT2D eigenvalue weighted by Crippen LogP contribution is 2.22. The topological polar surface area (TPSA) is 41.8 Å². The Hall–Kier alpha value is -0.990. The number of fused-ring (bicyclic) bond motifs is 1. The van der Waals surface area contributed by atoms with E-state index in [-0.39, 0.29) is 18.4 Å². The van der Waals surface area contributed by atoms with E-state index in [0.29, 0.717) is 0 Å². The lowest BCUT2D eigenvalue weighted by Gasteiger charge is -2.07. The second-order valence-corrected chi connectivity index (χ2v) is 4.18. The molecule has 0 aliphatic carbocycles. The van der Waals surface area contributed by atoms with E-state index in [2.05, 4.69) is 43.2 Å². The molecule has 0 amide bonds. The van der Waals surface area contributed by atoms with Crippen LogP contribution in [0.3, 0.4) is 0 Å². The fourth-order valence-electron chi connectivity index (χ4n) is 1.96. The maximum absolute atomic E-state index is 5.98. The Morgan fingerprint density at radius 3 is 2.81 bits per heavy atom. The fourth-order valence-corrected chi connectivity index (χ4v) is 1.96. The number of halogens is 1. The monoisotopic (exact) mass is 238 g/mol. The Balaban J connectivity index is 0.00000128. The van der Waals surface area contributed by atoms with Gasteiger partial charge in [-0.2, -0.15) is 0 Å². The molecule has 2 aromatic rings. The van der Waals surface area contributed by atoms with E-state index in [9.17, 15) is 0 Å². The molecule has 0 fully saturated rings. The summed E-state index contributed by atoms with van der Waals surface area (Å²) in [5.41, 5.74) is 9.86. The molecule has 0 saturated carbocycles. The predicted molar refractivity (Wildman–Crippen MR) is 72.3 cm³/mol. The molecular formula is C13H19ClN2. The minimum Gasteiger partial charge on any atom is -0.361 e. The molecule has 0 aliphatic heterocycles. The molecule has 0 bridgehead atoms. The van der Waals surface area contributed by atoms with Crippen LogP contribution < -0.4 is 5.73 Å². The van der Waals surface area contributed by atoms with Crippen LogP contribution in [0.1, 0.15) is 24.5 Å². The first-order valence-corrected chi connectivity index (χ1v) is 5.53. The van der Waals surface area contributed by atoms with Crippen molar-refractivity contribution in [3.63, 3.8) is 0 Å². The molecule has 16 heavy (non-hydrogen) atoms. The molecule has 1 aromatic heterocycles. The predicted octanol–water partition coefficient (Wildman–Crippen LogP) is 3.18. The van der Waals surface area contributed by atoms with Gasteiger partial charge in [0.15, 0.2) is 0 Å². The lowest BCUT2D eigenvalue weighted by atomic mass is 10.0. The standard InChI is InChI=1S/C13H18N2.ClH/c1-3-11(14)7-10-8-15-13-9(2)5-4-6-12(10)13;/h4-6,8,11,15H,3,7,14H2,1-2H3;1H. The Kier molecular flexibility index (Phi) is 4.39. The zero-order valence-corrected chi connectivity index (χ0v) is 10.6. The van der Waals surface area contributed by atoms with Gasteiger partial charge in [0.1, 0.15) is 0 Å². The van der Waals surface area contributed by atoms with Gasteiger partial charge in [-0.1, -0.05) is 25.1 Å². The highest BCUT2D eigenvalue weighted by molar-refractivity contribution is 5.86. The third-order valence-corrected chi connectivity index (χ3v) is 3.02. The van der Waals surface area contributed by atoms with Gasteiger partial charge in [-0.25, -0.2) is 0 Å². The summed E-state index contributed by atoms with van der Waals surface area (Å²) in [7, 11) is 0. The number of aromatic nitrogens is 1. The summed E-state index contributed by atoms with van der Waals surface area (Å²) >= 11 is 0. The molecule has 3 heteroatoms. The molecule has 0 aliphatic rings. The molecule has 2 nitrogen and oxygen atoms in total. The van der Waals surface area contributed by atoms with E-state index in [4.69, 9.17) is 5.73 Å². The van der Waals surface area contributed by atoms with Gasteiger partial charge in [0.05, 0.1) is 0 Å². The quantitative estimate of drug-likeness (QED) is 0.848.